The Hall–Kier alpha value is -2.18. The molecule has 1 aromatic carbocycles. The summed E-state index contributed by atoms with van der Waals surface area (Å²) in [6.45, 7) is 1.85. The first-order valence-electron chi connectivity index (χ1n) is 6.89. The van der Waals surface area contributed by atoms with Crippen LogP contribution in [0.2, 0.25) is 0 Å². The second-order valence-electron chi connectivity index (χ2n) is 5.22. The molecule has 0 saturated heterocycles. The van der Waals surface area contributed by atoms with Crippen LogP contribution in [0.5, 0.6) is 0 Å². The first-order valence-corrected chi connectivity index (χ1v) is 8.44. The van der Waals surface area contributed by atoms with Crippen LogP contribution in [0, 0.1) is 6.92 Å². The average Bonchev–Trinajstić information content (AvgIpc) is 2.89. The van der Waals surface area contributed by atoms with Gasteiger partial charge in [-0.05, 0) is 31.0 Å². The molecule has 22 heavy (non-hydrogen) atoms. The number of hydrogen-bond acceptors (Lipinski definition) is 4. The Morgan fingerprint density at radius 2 is 1.95 bits per heavy atom. The fraction of sp³-hybridized carbons (Fsp3) is 0.188. The molecular weight excluding hydrogens is 300 g/mol. The molecule has 1 heterocycles. The fourth-order valence-electron chi connectivity index (χ4n) is 2.59. The lowest BCUT2D eigenvalue weighted by molar-refractivity contribution is 0.388. The lowest BCUT2D eigenvalue weighted by Gasteiger charge is -2.12. The van der Waals surface area contributed by atoms with Crippen LogP contribution in [-0.2, 0) is 10.0 Å². The molecule has 0 fully saturated rings. The largest absolute Gasteiger partial charge is 0.361 e. The molecule has 1 aliphatic rings. The molecule has 0 amide bonds. The summed E-state index contributed by atoms with van der Waals surface area (Å²) in [7, 11) is -3.69. The van der Waals surface area contributed by atoms with E-state index in [2.05, 4.69) is 17.3 Å². The second-order valence-corrected chi connectivity index (χ2v) is 6.79. The SMILES string of the molecule is Cc1onc([C@H]2C=CC=CC2)c1-c1ccc(S(N)(=O)=O)cc1. The molecule has 0 radical (unpaired) electrons. The highest BCUT2D eigenvalue weighted by Gasteiger charge is 2.21. The number of rotatable bonds is 3. The van der Waals surface area contributed by atoms with Crippen molar-refractivity contribution in [3.05, 3.63) is 60.0 Å². The molecule has 6 heteroatoms. The number of benzene rings is 1. The highest BCUT2D eigenvalue weighted by Crippen LogP contribution is 2.35. The quantitative estimate of drug-likeness (QED) is 0.943. The van der Waals surface area contributed by atoms with Gasteiger partial charge in [0.2, 0.25) is 10.0 Å². The highest BCUT2D eigenvalue weighted by molar-refractivity contribution is 7.89. The molecule has 0 spiro atoms. The van der Waals surface area contributed by atoms with Crippen molar-refractivity contribution in [3.63, 3.8) is 0 Å². The third kappa shape index (κ3) is 2.75. The zero-order chi connectivity index (χ0) is 15.7. The van der Waals surface area contributed by atoms with Gasteiger partial charge in [0.15, 0.2) is 0 Å². The van der Waals surface area contributed by atoms with Gasteiger partial charge in [0.1, 0.15) is 5.76 Å². The van der Waals surface area contributed by atoms with Crippen LogP contribution >= 0.6 is 0 Å². The van der Waals surface area contributed by atoms with Gasteiger partial charge in [-0.1, -0.05) is 41.6 Å². The van der Waals surface area contributed by atoms with Crippen molar-refractivity contribution < 1.29 is 12.9 Å². The highest BCUT2D eigenvalue weighted by atomic mass is 32.2. The monoisotopic (exact) mass is 316 g/mol. The Kier molecular flexibility index (Phi) is 3.72. The van der Waals surface area contributed by atoms with Crippen molar-refractivity contribution in [1.82, 2.24) is 5.16 Å². The van der Waals surface area contributed by atoms with Gasteiger partial charge in [-0.15, -0.1) is 0 Å². The Bertz CT molecular complexity index is 846. The van der Waals surface area contributed by atoms with E-state index in [-0.39, 0.29) is 10.8 Å². The molecule has 3 rings (SSSR count). The lowest BCUT2D eigenvalue weighted by atomic mass is 9.91. The molecule has 114 valence electrons. The van der Waals surface area contributed by atoms with E-state index in [0.29, 0.717) is 5.76 Å². The summed E-state index contributed by atoms with van der Waals surface area (Å²) in [6, 6.07) is 6.45. The van der Waals surface area contributed by atoms with E-state index in [4.69, 9.17) is 9.66 Å². The van der Waals surface area contributed by atoms with Crippen LogP contribution in [0.4, 0.5) is 0 Å². The molecule has 5 nitrogen and oxygen atoms in total. The summed E-state index contributed by atoms with van der Waals surface area (Å²) in [4.78, 5) is 0.0902. The van der Waals surface area contributed by atoms with Crippen LogP contribution in [0.3, 0.4) is 0 Å². The van der Waals surface area contributed by atoms with Gasteiger partial charge in [-0.25, -0.2) is 13.6 Å². The van der Waals surface area contributed by atoms with Crippen molar-refractivity contribution in [2.45, 2.75) is 24.2 Å². The van der Waals surface area contributed by atoms with Gasteiger partial charge in [0, 0.05) is 11.5 Å². The van der Waals surface area contributed by atoms with Gasteiger partial charge in [0.25, 0.3) is 0 Å². The number of sulfonamides is 1. The minimum Gasteiger partial charge on any atom is -0.361 e. The topological polar surface area (TPSA) is 86.2 Å². The summed E-state index contributed by atoms with van der Waals surface area (Å²) in [5, 5.41) is 9.31. The fourth-order valence-corrected chi connectivity index (χ4v) is 3.10. The summed E-state index contributed by atoms with van der Waals surface area (Å²) >= 11 is 0. The van der Waals surface area contributed by atoms with Crippen molar-refractivity contribution in [3.8, 4) is 11.1 Å². The maximum Gasteiger partial charge on any atom is 0.238 e. The molecule has 2 N–H and O–H groups in total. The Morgan fingerprint density at radius 1 is 1.23 bits per heavy atom. The number of allylic oxidation sites excluding steroid dienone is 4. The van der Waals surface area contributed by atoms with E-state index in [1.807, 2.05) is 19.1 Å². The number of hydrogen-bond donors (Lipinski definition) is 1. The average molecular weight is 316 g/mol. The van der Waals surface area contributed by atoms with E-state index >= 15 is 0 Å². The van der Waals surface area contributed by atoms with Gasteiger partial charge in [-0.3, -0.25) is 0 Å². The second kappa shape index (κ2) is 5.55. The van der Waals surface area contributed by atoms with Crippen LogP contribution < -0.4 is 5.14 Å². The number of aromatic nitrogens is 1. The predicted octanol–water partition coefficient (Wildman–Crippen LogP) is 2.90. The molecule has 0 unspecified atom stereocenters. The summed E-state index contributed by atoms with van der Waals surface area (Å²) < 4.78 is 28.0. The minimum atomic E-state index is -3.69. The lowest BCUT2D eigenvalue weighted by Crippen LogP contribution is -2.11. The van der Waals surface area contributed by atoms with Crippen LogP contribution in [0.25, 0.3) is 11.1 Å². The third-order valence-electron chi connectivity index (χ3n) is 3.69. The van der Waals surface area contributed by atoms with E-state index in [0.717, 1.165) is 23.2 Å². The number of nitrogens with two attached hydrogens (primary N) is 1. The number of aryl methyl sites for hydroxylation is 1. The zero-order valence-electron chi connectivity index (χ0n) is 12.1. The Morgan fingerprint density at radius 3 is 2.55 bits per heavy atom. The molecule has 0 bridgehead atoms. The molecular formula is C16H16N2O3S. The van der Waals surface area contributed by atoms with E-state index < -0.39 is 10.0 Å². The summed E-state index contributed by atoms with van der Waals surface area (Å²) in [5.74, 6) is 0.872. The first kappa shape index (κ1) is 14.7. The Labute approximate surface area is 129 Å². The smallest absolute Gasteiger partial charge is 0.238 e. The van der Waals surface area contributed by atoms with E-state index in [9.17, 15) is 8.42 Å². The van der Waals surface area contributed by atoms with E-state index in [1.54, 1.807) is 12.1 Å². The molecule has 0 saturated carbocycles. The zero-order valence-corrected chi connectivity index (χ0v) is 12.9. The summed E-state index contributed by atoms with van der Waals surface area (Å²) in [5.41, 5.74) is 2.64. The van der Waals surface area contributed by atoms with Crippen LogP contribution in [0.15, 0.2) is 58.0 Å². The summed E-state index contributed by atoms with van der Waals surface area (Å²) in [6.07, 6.45) is 9.03. The van der Waals surface area contributed by atoms with Gasteiger partial charge in [0.05, 0.1) is 10.6 Å². The standard InChI is InChI=1S/C16H16N2O3S/c1-11-15(12-7-9-14(10-8-12)22(17,19)20)16(18-21-11)13-5-3-2-4-6-13/h2-5,7-10,13H,6H2,1H3,(H2,17,19,20)/t13-/m0/s1. The predicted molar refractivity (Wildman–Crippen MR) is 83.7 cm³/mol. The molecule has 1 atom stereocenters. The van der Waals surface area contributed by atoms with Gasteiger partial charge < -0.3 is 4.52 Å². The first-order chi connectivity index (χ1) is 10.5. The van der Waals surface area contributed by atoms with Gasteiger partial charge in [-0.2, -0.15) is 0 Å². The number of primary sulfonamides is 1. The third-order valence-corrected chi connectivity index (χ3v) is 4.62. The minimum absolute atomic E-state index is 0.0902. The molecule has 1 aromatic heterocycles. The van der Waals surface area contributed by atoms with Gasteiger partial charge >= 0.3 is 0 Å². The Balaban J connectivity index is 2.03. The van der Waals surface area contributed by atoms with Crippen LogP contribution in [-0.4, -0.2) is 13.6 Å². The molecule has 0 aliphatic heterocycles. The van der Waals surface area contributed by atoms with E-state index in [1.165, 1.54) is 12.1 Å². The van der Waals surface area contributed by atoms with Crippen LogP contribution in [0.1, 0.15) is 23.8 Å². The van der Waals surface area contributed by atoms with Crippen molar-refractivity contribution in [2.75, 3.05) is 0 Å². The maximum atomic E-state index is 11.3. The van der Waals surface area contributed by atoms with Crippen molar-refractivity contribution in [2.24, 2.45) is 5.14 Å². The number of nitrogens with zero attached hydrogens (tertiary/aromatic N) is 1. The maximum absolute atomic E-state index is 11.3. The van der Waals surface area contributed by atoms with Crippen molar-refractivity contribution >= 4 is 10.0 Å². The molecule has 1 aliphatic carbocycles. The van der Waals surface area contributed by atoms with Crippen molar-refractivity contribution in [1.29, 1.82) is 0 Å². The normalized spacial score (nSPS) is 17.8. The molecule has 2 aromatic rings.